The molecule has 0 spiro atoms. The number of benzene rings is 2. The first-order valence-corrected chi connectivity index (χ1v) is 12.9. The van der Waals surface area contributed by atoms with Crippen molar-refractivity contribution in [3.63, 3.8) is 0 Å². The number of nitrogens with zero attached hydrogens (tertiary/aromatic N) is 6. The van der Waals surface area contributed by atoms with Crippen molar-refractivity contribution in [1.82, 2.24) is 19.3 Å². The standard InChI is InChI=1S/C22H16ClN7O3S2/c23-15-2-4-20(17(9-15)18-10-21(26-12-25-18)30-6-1-7-30)33-19-5-3-16(8-14(19)11-24)35(31,32)29-22-27-13-28-34-22/h2-5,8-10,12-13H,1,6-7H2,(H,27,28,29). The number of anilines is 2. The summed E-state index contributed by atoms with van der Waals surface area (Å²) in [6.45, 7) is 1.87. The zero-order chi connectivity index (χ0) is 24.4. The van der Waals surface area contributed by atoms with E-state index in [1.54, 1.807) is 18.2 Å². The monoisotopic (exact) mass is 525 g/mol. The summed E-state index contributed by atoms with van der Waals surface area (Å²) in [4.78, 5) is 14.6. The molecule has 2 aromatic heterocycles. The molecular weight excluding hydrogens is 510 g/mol. The number of ether oxygens (including phenoxy) is 1. The molecule has 1 saturated heterocycles. The number of sulfonamides is 1. The molecule has 1 aliphatic heterocycles. The van der Waals surface area contributed by atoms with E-state index in [1.807, 2.05) is 12.1 Å². The summed E-state index contributed by atoms with van der Waals surface area (Å²) in [5, 5.41) is 10.3. The second-order valence-corrected chi connectivity index (χ2v) is 10.4. The van der Waals surface area contributed by atoms with Gasteiger partial charge in [-0.05, 0) is 42.8 Å². The predicted octanol–water partition coefficient (Wildman–Crippen LogP) is 4.32. The van der Waals surface area contributed by atoms with Crippen LogP contribution in [0.4, 0.5) is 10.9 Å². The Morgan fingerprint density at radius 2 is 1.89 bits per heavy atom. The fourth-order valence-electron chi connectivity index (χ4n) is 3.37. The van der Waals surface area contributed by atoms with Gasteiger partial charge >= 0.3 is 0 Å². The Labute approximate surface area is 210 Å². The molecule has 2 aromatic carbocycles. The van der Waals surface area contributed by atoms with Crippen LogP contribution in [0.1, 0.15) is 12.0 Å². The number of rotatable bonds is 7. The van der Waals surface area contributed by atoms with Gasteiger partial charge in [0, 0.05) is 41.3 Å². The van der Waals surface area contributed by atoms with Crippen molar-refractivity contribution >= 4 is 44.1 Å². The lowest BCUT2D eigenvalue weighted by atomic mass is 10.1. The van der Waals surface area contributed by atoms with E-state index in [0.29, 0.717) is 22.0 Å². The molecule has 0 radical (unpaired) electrons. The number of aromatic nitrogens is 4. The fraction of sp³-hybridized carbons (Fsp3) is 0.136. The van der Waals surface area contributed by atoms with Gasteiger partial charge in [-0.3, -0.25) is 4.72 Å². The van der Waals surface area contributed by atoms with Crippen molar-refractivity contribution < 1.29 is 13.2 Å². The van der Waals surface area contributed by atoms with Gasteiger partial charge < -0.3 is 9.64 Å². The van der Waals surface area contributed by atoms with E-state index in [9.17, 15) is 13.7 Å². The van der Waals surface area contributed by atoms with Crippen molar-refractivity contribution in [2.24, 2.45) is 0 Å². The Bertz CT molecular complexity index is 1540. The maximum atomic E-state index is 12.7. The molecule has 1 N–H and O–H groups in total. The minimum absolute atomic E-state index is 0.0370. The van der Waals surface area contributed by atoms with Crippen LogP contribution in [-0.2, 0) is 10.0 Å². The number of hydrogen-bond acceptors (Lipinski definition) is 10. The van der Waals surface area contributed by atoms with E-state index in [2.05, 4.69) is 28.9 Å². The van der Waals surface area contributed by atoms with E-state index >= 15 is 0 Å². The minimum atomic E-state index is -3.96. The van der Waals surface area contributed by atoms with Crippen LogP contribution in [0.15, 0.2) is 60.0 Å². The lowest BCUT2D eigenvalue weighted by Crippen LogP contribution is -2.37. The molecule has 176 valence electrons. The van der Waals surface area contributed by atoms with Gasteiger partial charge in [-0.15, -0.1) is 0 Å². The van der Waals surface area contributed by atoms with Gasteiger partial charge in [-0.2, -0.15) is 9.64 Å². The molecule has 0 bridgehead atoms. The molecule has 0 aliphatic carbocycles. The number of hydrogen-bond donors (Lipinski definition) is 1. The summed E-state index contributed by atoms with van der Waals surface area (Å²) in [5.41, 5.74) is 1.26. The molecule has 4 aromatic rings. The Morgan fingerprint density at radius 3 is 2.60 bits per heavy atom. The molecular formula is C22H16ClN7O3S2. The third kappa shape index (κ3) is 4.88. The Kier molecular flexibility index (Phi) is 6.21. The number of nitrogens with one attached hydrogen (secondary N) is 1. The molecule has 13 heteroatoms. The average molecular weight is 526 g/mol. The summed E-state index contributed by atoms with van der Waals surface area (Å²) >= 11 is 7.16. The van der Waals surface area contributed by atoms with Crippen LogP contribution in [-0.4, -0.2) is 40.8 Å². The smallest absolute Gasteiger partial charge is 0.263 e. The molecule has 0 amide bonds. The van der Waals surface area contributed by atoms with Gasteiger partial charge in [0.05, 0.1) is 16.2 Å². The van der Waals surface area contributed by atoms with Crippen LogP contribution in [0, 0.1) is 11.3 Å². The van der Waals surface area contributed by atoms with E-state index in [-0.39, 0.29) is 21.3 Å². The first-order chi connectivity index (χ1) is 16.9. The molecule has 0 unspecified atom stereocenters. The third-order valence-corrected chi connectivity index (χ3v) is 7.52. The van der Waals surface area contributed by atoms with Gasteiger partial charge in [0.25, 0.3) is 10.0 Å². The molecule has 0 saturated carbocycles. The van der Waals surface area contributed by atoms with Gasteiger partial charge in [-0.25, -0.2) is 23.4 Å². The van der Waals surface area contributed by atoms with Crippen molar-refractivity contribution in [2.75, 3.05) is 22.7 Å². The normalized spacial score (nSPS) is 13.1. The van der Waals surface area contributed by atoms with Gasteiger partial charge in [0.15, 0.2) is 0 Å². The molecule has 1 aliphatic rings. The summed E-state index contributed by atoms with van der Waals surface area (Å²) in [6, 6.07) is 12.9. The van der Waals surface area contributed by atoms with Crippen LogP contribution in [0.2, 0.25) is 5.02 Å². The van der Waals surface area contributed by atoms with Gasteiger partial charge in [0.2, 0.25) is 5.13 Å². The third-order valence-electron chi connectivity index (χ3n) is 5.23. The highest BCUT2D eigenvalue weighted by atomic mass is 35.5. The zero-order valence-corrected chi connectivity index (χ0v) is 20.3. The molecule has 5 rings (SSSR count). The van der Waals surface area contributed by atoms with E-state index < -0.39 is 10.0 Å². The predicted molar refractivity (Wildman–Crippen MR) is 131 cm³/mol. The van der Waals surface area contributed by atoms with Crippen molar-refractivity contribution in [2.45, 2.75) is 11.3 Å². The maximum Gasteiger partial charge on any atom is 0.263 e. The quantitative estimate of drug-likeness (QED) is 0.374. The van der Waals surface area contributed by atoms with Crippen LogP contribution in [0.3, 0.4) is 0 Å². The minimum Gasteiger partial charge on any atom is -0.455 e. The summed E-state index contributed by atoms with van der Waals surface area (Å²) in [5.74, 6) is 1.40. The maximum absolute atomic E-state index is 12.7. The van der Waals surface area contributed by atoms with Crippen molar-refractivity contribution in [3.05, 3.63) is 65.7 Å². The second kappa shape index (κ2) is 9.46. The Morgan fingerprint density at radius 1 is 1.06 bits per heavy atom. The molecule has 0 atom stereocenters. The van der Waals surface area contributed by atoms with Crippen LogP contribution < -0.4 is 14.4 Å². The highest BCUT2D eigenvalue weighted by Crippen LogP contribution is 2.37. The first kappa shape index (κ1) is 23.0. The highest BCUT2D eigenvalue weighted by Gasteiger charge is 2.21. The first-order valence-electron chi connectivity index (χ1n) is 10.3. The topological polar surface area (TPSA) is 134 Å². The molecule has 1 fully saturated rings. The van der Waals surface area contributed by atoms with Gasteiger partial charge in [0.1, 0.15) is 36.0 Å². The summed E-state index contributed by atoms with van der Waals surface area (Å²) in [6.07, 6.45) is 3.84. The Balaban J connectivity index is 1.47. The highest BCUT2D eigenvalue weighted by molar-refractivity contribution is 7.93. The average Bonchev–Trinajstić information content (AvgIpc) is 3.32. The molecule has 35 heavy (non-hydrogen) atoms. The zero-order valence-electron chi connectivity index (χ0n) is 17.9. The fourth-order valence-corrected chi connectivity index (χ4v) is 5.23. The number of halogens is 1. The lowest BCUT2D eigenvalue weighted by Gasteiger charge is -2.32. The van der Waals surface area contributed by atoms with Crippen molar-refractivity contribution in [1.29, 1.82) is 5.26 Å². The van der Waals surface area contributed by atoms with E-state index in [1.165, 1.54) is 30.9 Å². The summed E-state index contributed by atoms with van der Waals surface area (Å²) < 4.78 is 37.5. The largest absolute Gasteiger partial charge is 0.455 e. The number of nitriles is 1. The SMILES string of the molecule is N#Cc1cc(S(=O)(=O)Nc2ncns2)ccc1Oc1ccc(Cl)cc1-c1cc(N2CCC2)ncn1. The van der Waals surface area contributed by atoms with Crippen LogP contribution >= 0.6 is 23.1 Å². The van der Waals surface area contributed by atoms with E-state index in [4.69, 9.17) is 16.3 Å². The molecule has 3 heterocycles. The van der Waals surface area contributed by atoms with E-state index in [0.717, 1.165) is 36.9 Å². The van der Waals surface area contributed by atoms with Crippen LogP contribution in [0.25, 0.3) is 11.3 Å². The molecule has 10 nitrogen and oxygen atoms in total. The lowest BCUT2D eigenvalue weighted by molar-refractivity contribution is 0.482. The van der Waals surface area contributed by atoms with Gasteiger partial charge in [-0.1, -0.05) is 11.6 Å². The van der Waals surface area contributed by atoms with Crippen molar-refractivity contribution in [3.8, 4) is 28.8 Å². The van der Waals surface area contributed by atoms with Crippen LogP contribution in [0.5, 0.6) is 11.5 Å². The summed E-state index contributed by atoms with van der Waals surface area (Å²) in [7, 11) is -3.96. The second-order valence-electron chi connectivity index (χ2n) is 7.47. The Hall–Kier alpha value is -3.79.